The van der Waals surface area contributed by atoms with E-state index in [1.807, 2.05) is 0 Å². The average Bonchev–Trinajstić information content (AvgIpc) is 4.03. The van der Waals surface area contributed by atoms with Gasteiger partial charge in [-0.15, -0.1) is 0 Å². The maximum absolute atomic E-state index is 2.58. The molecule has 0 saturated heterocycles. The van der Waals surface area contributed by atoms with Crippen molar-refractivity contribution in [3.8, 4) is 77.9 Å². The van der Waals surface area contributed by atoms with Gasteiger partial charge in [0, 0.05) is 0 Å². The molecule has 0 atom stereocenters. The molecule has 15 rings (SSSR count). The highest BCUT2D eigenvalue weighted by Crippen LogP contribution is 2.64. The van der Waals surface area contributed by atoms with Crippen molar-refractivity contribution in [2.45, 2.75) is 31.6 Å². The second kappa shape index (κ2) is 13.8. The fraction of sp³-hybridized carbons (Fsp3) is 0.0746. The minimum atomic E-state index is -1.93. The molecule has 2 heteroatoms. The molecule has 0 fully saturated rings. The molecule has 1 spiro atoms. The summed E-state index contributed by atoms with van der Waals surface area (Å²) < 4.78 is 0. The first-order chi connectivity index (χ1) is 33.8. The third kappa shape index (κ3) is 4.88. The van der Waals surface area contributed by atoms with Crippen molar-refractivity contribution >= 4 is 58.4 Å². The molecule has 11 aromatic rings. The average molecular weight is 909 g/mol. The Balaban J connectivity index is 1.09. The molecule has 4 aliphatic rings. The van der Waals surface area contributed by atoms with Crippen LogP contribution in [-0.4, -0.2) is 16.1 Å². The van der Waals surface area contributed by atoms with E-state index in [0.717, 1.165) is 0 Å². The summed E-state index contributed by atoms with van der Waals surface area (Å²) in [5.74, 6) is 0. The van der Waals surface area contributed by atoms with Gasteiger partial charge in [0.15, 0.2) is 0 Å². The van der Waals surface area contributed by atoms with Crippen LogP contribution in [0.1, 0.15) is 22.3 Å². The van der Waals surface area contributed by atoms with Crippen LogP contribution in [0, 0.1) is 0 Å². The summed E-state index contributed by atoms with van der Waals surface area (Å²) in [7, 11) is -3.87. The Morgan fingerprint density at radius 2 is 0.580 bits per heavy atom. The van der Waals surface area contributed by atoms with Crippen LogP contribution < -0.4 is 20.7 Å². The monoisotopic (exact) mass is 908 g/mol. The Hall–Kier alpha value is -7.63. The second-order valence-electron chi connectivity index (χ2n) is 21.0. The van der Waals surface area contributed by atoms with Gasteiger partial charge in [-0.1, -0.05) is 239 Å². The van der Waals surface area contributed by atoms with Gasteiger partial charge in [-0.25, -0.2) is 0 Å². The highest BCUT2D eigenvalue weighted by atomic mass is 28.3. The van der Waals surface area contributed by atoms with Gasteiger partial charge in [0.1, 0.15) is 16.1 Å². The van der Waals surface area contributed by atoms with E-state index in [9.17, 15) is 0 Å². The third-order valence-electron chi connectivity index (χ3n) is 17.1. The summed E-state index contributed by atoms with van der Waals surface area (Å²) in [5, 5.41) is 11.3. The lowest BCUT2D eigenvalue weighted by atomic mass is 9.70. The lowest BCUT2D eigenvalue weighted by Gasteiger charge is -2.30. The molecule has 0 aromatic heterocycles. The summed E-state index contributed by atoms with van der Waals surface area (Å²) in [6.07, 6.45) is 0. The van der Waals surface area contributed by atoms with Crippen LogP contribution in [0.4, 0.5) is 0 Å². The Morgan fingerprint density at radius 1 is 0.232 bits per heavy atom. The van der Waals surface area contributed by atoms with Crippen molar-refractivity contribution in [1.82, 2.24) is 0 Å². The predicted octanol–water partition coefficient (Wildman–Crippen LogP) is 14.9. The Morgan fingerprint density at radius 3 is 1.10 bits per heavy atom. The highest BCUT2D eigenvalue weighted by Gasteiger charge is 2.52. The Kier molecular flexibility index (Phi) is 7.85. The lowest BCUT2D eigenvalue weighted by Crippen LogP contribution is -2.49. The van der Waals surface area contributed by atoms with Gasteiger partial charge in [-0.3, -0.25) is 0 Å². The van der Waals surface area contributed by atoms with Gasteiger partial charge in [0.2, 0.25) is 0 Å². The molecule has 11 aromatic carbocycles. The molecule has 2 aliphatic heterocycles. The van der Waals surface area contributed by atoms with Gasteiger partial charge in [0.05, 0.1) is 5.41 Å². The van der Waals surface area contributed by atoms with Gasteiger partial charge >= 0.3 is 0 Å². The van der Waals surface area contributed by atoms with Crippen molar-refractivity contribution in [3.05, 3.63) is 241 Å². The fourth-order valence-corrected chi connectivity index (χ4v) is 20.4. The van der Waals surface area contributed by atoms with Crippen LogP contribution in [-0.2, 0) is 5.41 Å². The number of hydrogen-bond acceptors (Lipinski definition) is 0. The van der Waals surface area contributed by atoms with E-state index in [1.54, 1.807) is 0 Å². The standard InChI is InChI=1S/C67H48Si2/c1-68(2)59-36-13-8-23-50(59)65-45(29-18-38-61(65)68)41-25-15-27-47-53(41)40-54-42(46-30-19-39-62-66(46)51-24-9-14-37-60(51)69(62,3)4)26-16-28-48(54)63(47)52-31-17-35-58-64(52)49-22-7-12-34-57(49)67(58)55-32-10-5-20-43(55)44-21-6-11-33-56(44)67/h5-40H,1-4H3. The normalized spacial score (nSPS) is 15.3. The summed E-state index contributed by atoms with van der Waals surface area (Å²) in [6.45, 7) is 10.1. The van der Waals surface area contributed by atoms with E-state index in [-0.39, 0.29) is 0 Å². The number of rotatable bonds is 3. The molecule has 69 heavy (non-hydrogen) atoms. The molecule has 324 valence electrons. The van der Waals surface area contributed by atoms with Crippen LogP contribution in [0.2, 0.25) is 26.2 Å². The van der Waals surface area contributed by atoms with E-state index in [4.69, 9.17) is 0 Å². The first-order valence-corrected chi connectivity index (χ1v) is 30.7. The molecule has 0 nitrogen and oxygen atoms in total. The van der Waals surface area contributed by atoms with Crippen molar-refractivity contribution < 1.29 is 0 Å². The van der Waals surface area contributed by atoms with Crippen molar-refractivity contribution in [1.29, 1.82) is 0 Å². The molecule has 0 unspecified atom stereocenters. The molecule has 0 amide bonds. The molecule has 0 radical (unpaired) electrons. The molecular weight excluding hydrogens is 861 g/mol. The lowest BCUT2D eigenvalue weighted by molar-refractivity contribution is 0.794. The van der Waals surface area contributed by atoms with Gasteiger partial charge < -0.3 is 0 Å². The molecule has 2 heterocycles. The van der Waals surface area contributed by atoms with Gasteiger partial charge in [-0.05, 0) is 149 Å². The predicted molar refractivity (Wildman–Crippen MR) is 298 cm³/mol. The highest BCUT2D eigenvalue weighted by molar-refractivity contribution is 7.04. The third-order valence-corrected chi connectivity index (χ3v) is 24.2. The Labute approximate surface area is 406 Å². The summed E-state index contributed by atoms with van der Waals surface area (Å²) in [5.41, 5.74) is 23.9. The summed E-state index contributed by atoms with van der Waals surface area (Å²) in [4.78, 5) is 0. The van der Waals surface area contributed by atoms with Crippen molar-refractivity contribution in [3.63, 3.8) is 0 Å². The van der Waals surface area contributed by atoms with Crippen molar-refractivity contribution in [2.24, 2.45) is 0 Å². The quantitative estimate of drug-likeness (QED) is 0.122. The Bertz CT molecular complexity index is 3880. The van der Waals surface area contributed by atoms with E-state index in [2.05, 4.69) is 245 Å². The number of hydrogen-bond donors (Lipinski definition) is 0. The zero-order valence-electron chi connectivity index (χ0n) is 39.3. The first-order valence-electron chi connectivity index (χ1n) is 24.7. The molecule has 0 N–H and O–H groups in total. The zero-order valence-corrected chi connectivity index (χ0v) is 41.3. The van der Waals surface area contributed by atoms with Gasteiger partial charge in [0.25, 0.3) is 0 Å². The minimum Gasteiger partial charge on any atom is -0.0623 e. The van der Waals surface area contributed by atoms with E-state index < -0.39 is 21.6 Å². The van der Waals surface area contributed by atoms with Crippen LogP contribution in [0.5, 0.6) is 0 Å². The zero-order chi connectivity index (χ0) is 46.0. The van der Waals surface area contributed by atoms with Crippen molar-refractivity contribution in [2.75, 3.05) is 0 Å². The van der Waals surface area contributed by atoms with Crippen LogP contribution in [0.25, 0.3) is 99.4 Å². The summed E-state index contributed by atoms with van der Waals surface area (Å²) in [6, 6.07) is 84.5. The fourth-order valence-electron chi connectivity index (χ4n) is 14.2. The second-order valence-corrected chi connectivity index (χ2v) is 29.6. The first kappa shape index (κ1) is 39.4. The molecule has 2 aliphatic carbocycles. The van der Waals surface area contributed by atoms with Gasteiger partial charge in [-0.2, -0.15) is 0 Å². The maximum Gasteiger partial charge on any atom is 0.113 e. The maximum atomic E-state index is 2.58. The number of fused-ring (bicyclic) bond motifs is 18. The smallest absolute Gasteiger partial charge is 0.0623 e. The van der Waals surface area contributed by atoms with E-state index in [1.165, 1.54) is 142 Å². The van der Waals surface area contributed by atoms with Crippen LogP contribution in [0.15, 0.2) is 218 Å². The van der Waals surface area contributed by atoms with Crippen LogP contribution >= 0.6 is 0 Å². The minimum absolute atomic E-state index is 0.435. The summed E-state index contributed by atoms with van der Waals surface area (Å²) >= 11 is 0. The number of benzene rings is 11. The molecule has 0 saturated carbocycles. The SMILES string of the molecule is C[Si]1(C)c2ccccc2-c2c(-c3cccc4c(-c5cccc6c5-c5ccccc5C65c6ccccc6-c6ccccc65)c5cccc(-c6cccc7c6-c6ccccc6[Si]7(C)C)c5cc34)cccc21. The van der Waals surface area contributed by atoms with Crippen LogP contribution in [0.3, 0.4) is 0 Å². The molecular formula is C67H48Si2. The topological polar surface area (TPSA) is 0 Å². The molecule has 0 bridgehead atoms. The van der Waals surface area contributed by atoms with E-state index >= 15 is 0 Å². The van der Waals surface area contributed by atoms with E-state index in [0.29, 0.717) is 0 Å². The largest absolute Gasteiger partial charge is 0.113 e.